The van der Waals surface area contributed by atoms with Gasteiger partial charge in [-0.1, -0.05) is 13.8 Å². The van der Waals surface area contributed by atoms with Gasteiger partial charge in [-0.25, -0.2) is 0 Å². The molecule has 0 radical (unpaired) electrons. The zero-order valence-electron chi connectivity index (χ0n) is 8.49. The summed E-state index contributed by atoms with van der Waals surface area (Å²) in [4.78, 5) is 10.5. The number of nitrogens with two attached hydrogens (primary N) is 1. The van der Waals surface area contributed by atoms with Gasteiger partial charge in [0.2, 0.25) is 0 Å². The monoisotopic (exact) mass is 189 g/mol. The van der Waals surface area contributed by atoms with E-state index < -0.39 is 12.0 Å². The van der Waals surface area contributed by atoms with Crippen LogP contribution in [0.1, 0.15) is 20.3 Å². The molecular formula is C9H19NO3. The molecule has 13 heavy (non-hydrogen) atoms. The molecule has 0 aromatic carbocycles. The molecule has 0 heterocycles. The van der Waals surface area contributed by atoms with Crippen LogP contribution in [0.2, 0.25) is 0 Å². The van der Waals surface area contributed by atoms with Crippen molar-refractivity contribution in [2.75, 3.05) is 13.7 Å². The van der Waals surface area contributed by atoms with Crippen molar-refractivity contribution < 1.29 is 14.6 Å². The lowest BCUT2D eigenvalue weighted by Gasteiger charge is -2.21. The molecule has 0 saturated carbocycles. The number of hydrogen-bond acceptors (Lipinski definition) is 3. The molecule has 3 N–H and O–H groups in total. The van der Waals surface area contributed by atoms with E-state index in [0.717, 1.165) is 0 Å². The van der Waals surface area contributed by atoms with Crippen LogP contribution in [-0.4, -0.2) is 30.8 Å². The number of hydrogen-bond donors (Lipinski definition) is 2. The van der Waals surface area contributed by atoms with Gasteiger partial charge in [-0.3, -0.25) is 4.79 Å². The summed E-state index contributed by atoms with van der Waals surface area (Å²) >= 11 is 0. The normalized spacial score (nSPS) is 15.8. The van der Waals surface area contributed by atoms with Gasteiger partial charge in [-0.15, -0.1) is 0 Å². The minimum absolute atomic E-state index is 0.219. The molecule has 4 heteroatoms. The largest absolute Gasteiger partial charge is 0.480 e. The van der Waals surface area contributed by atoms with Gasteiger partial charge in [-0.05, 0) is 18.3 Å². The minimum atomic E-state index is -0.943. The van der Waals surface area contributed by atoms with Gasteiger partial charge in [0.25, 0.3) is 0 Å². The highest BCUT2D eigenvalue weighted by molar-refractivity contribution is 5.73. The van der Waals surface area contributed by atoms with Crippen molar-refractivity contribution >= 4 is 5.97 Å². The molecule has 2 atom stereocenters. The molecule has 0 aliphatic carbocycles. The third kappa shape index (κ3) is 4.85. The SMILES string of the molecule is COCC(C[C@H](N)C(=O)O)C(C)C. The maximum atomic E-state index is 10.5. The quantitative estimate of drug-likeness (QED) is 0.645. The van der Waals surface area contributed by atoms with Gasteiger partial charge in [0, 0.05) is 13.7 Å². The number of rotatable bonds is 6. The number of ether oxygens (including phenoxy) is 1. The highest BCUT2D eigenvalue weighted by Gasteiger charge is 2.20. The Balaban J connectivity index is 4.01. The minimum Gasteiger partial charge on any atom is -0.480 e. The van der Waals surface area contributed by atoms with Gasteiger partial charge >= 0.3 is 5.97 Å². The van der Waals surface area contributed by atoms with Crippen molar-refractivity contribution in [3.63, 3.8) is 0 Å². The van der Waals surface area contributed by atoms with Gasteiger partial charge in [0.1, 0.15) is 6.04 Å². The summed E-state index contributed by atoms with van der Waals surface area (Å²) in [5.74, 6) is -0.330. The second-order valence-electron chi connectivity index (χ2n) is 3.64. The Kier molecular flexibility index (Phi) is 5.66. The molecule has 1 unspecified atom stereocenters. The third-order valence-electron chi connectivity index (χ3n) is 2.20. The first-order valence-corrected chi connectivity index (χ1v) is 4.46. The summed E-state index contributed by atoms with van der Waals surface area (Å²) in [5.41, 5.74) is 5.43. The maximum absolute atomic E-state index is 10.5. The molecule has 78 valence electrons. The van der Waals surface area contributed by atoms with E-state index in [1.807, 2.05) is 13.8 Å². The molecule has 0 saturated heterocycles. The van der Waals surface area contributed by atoms with E-state index in [-0.39, 0.29) is 5.92 Å². The highest BCUT2D eigenvalue weighted by Crippen LogP contribution is 2.16. The zero-order valence-corrected chi connectivity index (χ0v) is 8.49. The van der Waals surface area contributed by atoms with Crippen LogP contribution in [0.4, 0.5) is 0 Å². The van der Waals surface area contributed by atoms with E-state index in [0.29, 0.717) is 18.9 Å². The van der Waals surface area contributed by atoms with Crippen molar-refractivity contribution in [3.05, 3.63) is 0 Å². The Morgan fingerprint density at radius 1 is 1.54 bits per heavy atom. The molecule has 0 fully saturated rings. The molecule has 0 amide bonds. The van der Waals surface area contributed by atoms with E-state index in [9.17, 15) is 4.79 Å². The van der Waals surface area contributed by atoms with E-state index in [1.165, 1.54) is 0 Å². The Bertz CT molecular complexity index is 159. The van der Waals surface area contributed by atoms with Crippen LogP contribution in [0.5, 0.6) is 0 Å². The average Bonchev–Trinajstić information content (AvgIpc) is 2.03. The molecule has 0 aliphatic heterocycles. The molecule has 0 aromatic heterocycles. The van der Waals surface area contributed by atoms with Crippen molar-refractivity contribution in [1.29, 1.82) is 0 Å². The standard InChI is InChI=1S/C9H19NO3/c1-6(2)7(5-13-3)4-8(10)9(11)12/h6-8H,4-5,10H2,1-3H3,(H,11,12)/t7?,8-/m0/s1. The summed E-state index contributed by atoms with van der Waals surface area (Å²) in [6.45, 7) is 4.65. The molecular weight excluding hydrogens is 170 g/mol. The Labute approximate surface area is 79.1 Å². The Morgan fingerprint density at radius 2 is 2.08 bits per heavy atom. The van der Waals surface area contributed by atoms with Gasteiger partial charge < -0.3 is 15.6 Å². The summed E-state index contributed by atoms with van der Waals surface area (Å²) < 4.78 is 5.00. The highest BCUT2D eigenvalue weighted by atomic mass is 16.5. The predicted octanol–water partition coefficient (Wildman–Crippen LogP) is 0.707. The first-order valence-electron chi connectivity index (χ1n) is 4.46. The number of carbonyl (C=O) groups is 1. The zero-order chi connectivity index (χ0) is 10.4. The fourth-order valence-electron chi connectivity index (χ4n) is 1.17. The summed E-state index contributed by atoms with van der Waals surface area (Å²) in [6.07, 6.45) is 0.473. The first-order chi connectivity index (χ1) is 5.99. The van der Waals surface area contributed by atoms with Crippen molar-refractivity contribution in [3.8, 4) is 0 Å². The lowest BCUT2D eigenvalue weighted by atomic mass is 9.90. The Morgan fingerprint density at radius 3 is 2.38 bits per heavy atom. The summed E-state index contributed by atoms with van der Waals surface area (Å²) in [5, 5.41) is 8.62. The van der Waals surface area contributed by atoms with Crippen LogP contribution in [0.25, 0.3) is 0 Å². The van der Waals surface area contributed by atoms with Crippen molar-refractivity contribution in [2.45, 2.75) is 26.3 Å². The van der Waals surface area contributed by atoms with E-state index in [1.54, 1.807) is 7.11 Å². The van der Waals surface area contributed by atoms with Crippen LogP contribution >= 0.6 is 0 Å². The maximum Gasteiger partial charge on any atom is 0.320 e. The second kappa shape index (κ2) is 5.94. The van der Waals surface area contributed by atoms with Gasteiger partial charge in [0.15, 0.2) is 0 Å². The Hall–Kier alpha value is -0.610. The fraction of sp³-hybridized carbons (Fsp3) is 0.889. The lowest BCUT2D eigenvalue weighted by molar-refractivity contribution is -0.139. The van der Waals surface area contributed by atoms with Crippen molar-refractivity contribution in [2.24, 2.45) is 17.6 Å². The molecule has 0 aliphatic rings. The molecule has 0 spiro atoms. The topological polar surface area (TPSA) is 72.5 Å². The number of carboxylic acids is 1. The average molecular weight is 189 g/mol. The third-order valence-corrected chi connectivity index (χ3v) is 2.20. The molecule has 0 rings (SSSR count). The van der Waals surface area contributed by atoms with Crippen LogP contribution in [0, 0.1) is 11.8 Å². The number of aliphatic carboxylic acids is 1. The number of carboxylic acid groups (broad SMARTS) is 1. The molecule has 4 nitrogen and oxygen atoms in total. The van der Waals surface area contributed by atoms with Crippen LogP contribution in [0.3, 0.4) is 0 Å². The summed E-state index contributed by atoms with van der Waals surface area (Å²) in [7, 11) is 1.61. The second-order valence-corrected chi connectivity index (χ2v) is 3.64. The fourth-order valence-corrected chi connectivity index (χ4v) is 1.17. The van der Waals surface area contributed by atoms with E-state index in [4.69, 9.17) is 15.6 Å². The first kappa shape index (κ1) is 12.4. The summed E-state index contributed by atoms with van der Waals surface area (Å²) in [6, 6.07) is -0.775. The number of methoxy groups -OCH3 is 1. The van der Waals surface area contributed by atoms with E-state index >= 15 is 0 Å². The van der Waals surface area contributed by atoms with Crippen molar-refractivity contribution in [1.82, 2.24) is 0 Å². The lowest BCUT2D eigenvalue weighted by Crippen LogP contribution is -2.34. The molecule has 0 bridgehead atoms. The molecule has 0 aromatic rings. The smallest absolute Gasteiger partial charge is 0.320 e. The van der Waals surface area contributed by atoms with Gasteiger partial charge in [0.05, 0.1) is 0 Å². The predicted molar refractivity (Wildman–Crippen MR) is 50.4 cm³/mol. The van der Waals surface area contributed by atoms with Crippen LogP contribution in [0.15, 0.2) is 0 Å². The van der Waals surface area contributed by atoms with E-state index in [2.05, 4.69) is 0 Å². The van der Waals surface area contributed by atoms with Crippen LogP contribution < -0.4 is 5.73 Å². The van der Waals surface area contributed by atoms with Crippen LogP contribution in [-0.2, 0) is 9.53 Å². The van der Waals surface area contributed by atoms with Gasteiger partial charge in [-0.2, -0.15) is 0 Å².